The largest absolute Gasteiger partial charge is 0.432 e. The fourth-order valence-corrected chi connectivity index (χ4v) is 3.66. The number of fused-ring (bicyclic) bond motifs is 1. The number of nitriles is 1. The molecule has 1 aliphatic rings. The quantitative estimate of drug-likeness (QED) is 0.664. The van der Waals surface area contributed by atoms with Gasteiger partial charge in [0.05, 0.1) is 28.6 Å². The molecular weight excluding hydrogens is 378 g/mol. The average Bonchev–Trinajstić information content (AvgIpc) is 3.04. The first-order valence-electron chi connectivity index (χ1n) is 8.81. The molecule has 1 aromatic carbocycles. The molecule has 1 unspecified atom stereocenters. The van der Waals surface area contributed by atoms with Gasteiger partial charge in [-0.05, 0) is 37.6 Å². The summed E-state index contributed by atoms with van der Waals surface area (Å²) in [5, 5.41) is 13.3. The van der Waals surface area contributed by atoms with Gasteiger partial charge in [0.2, 0.25) is 0 Å². The monoisotopic (exact) mass is 394 g/mol. The minimum Gasteiger partial charge on any atom is -0.432 e. The highest BCUT2D eigenvalue weighted by atomic mass is 19.2. The summed E-state index contributed by atoms with van der Waals surface area (Å²) in [6, 6.07) is 7.86. The van der Waals surface area contributed by atoms with Gasteiger partial charge in [-0.15, -0.1) is 0 Å². The Morgan fingerprint density at radius 2 is 1.90 bits per heavy atom. The van der Waals surface area contributed by atoms with Crippen LogP contribution in [0.15, 0.2) is 47.2 Å². The molecule has 4 rings (SSSR count). The number of ether oxygens (including phenoxy) is 1. The van der Waals surface area contributed by atoms with Gasteiger partial charge in [0.25, 0.3) is 17.9 Å². The normalized spacial score (nSPS) is 16.2. The maximum atomic E-state index is 14.5. The van der Waals surface area contributed by atoms with Crippen LogP contribution < -0.4 is 5.56 Å². The Morgan fingerprint density at radius 1 is 1.21 bits per heavy atom. The van der Waals surface area contributed by atoms with Crippen molar-refractivity contribution in [1.82, 2.24) is 14.2 Å². The lowest BCUT2D eigenvalue weighted by Crippen LogP contribution is -2.23. The number of allylic oxidation sites excluding steroid dienone is 2. The highest BCUT2D eigenvalue weighted by molar-refractivity contribution is 5.82. The first kappa shape index (κ1) is 18.6. The number of aryl methyl sites for hydroxylation is 2. The number of alkyl halides is 1. The average molecular weight is 394 g/mol. The van der Waals surface area contributed by atoms with E-state index in [9.17, 15) is 13.6 Å². The molecule has 0 bridgehead atoms. The molecule has 3 heterocycles. The van der Waals surface area contributed by atoms with Crippen molar-refractivity contribution in [2.75, 3.05) is 0 Å². The van der Waals surface area contributed by atoms with Gasteiger partial charge in [-0.2, -0.15) is 23.7 Å². The summed E-state index contributed by atoms with van der Waals surface area (Å²) < 4.78 is 35.3. The molecule has 3 aromatic rings. The number of aromatic nitrogens is 3. The Balaban J connectivity index is 2.06. The highest BCUT2D eigenvalue weighted by Crippen LogP contribution is 2.34. The smallest absolute Gasteiger partial charge is 0.277 e. The van der Waals surface area contributed by atoms with Crippen molar-refractivity contribution in [3.8, 4) is 17.3 Å². The second kappa shape index (κ2) is 6.71. The van der Waals surface area contributed by atoms with Crippen molar-refractivity contribution in [2.24, 2.45) is 7.05 Å². The predicted octanol–water partition coefficient (Wildman–Crippen LogP) is 3.71. The van der Waals surface area contributed by atoms with Gasteiger partial charge in [-0.3, -0.25) is 4.79 Å². The first-order chi connectivity index (χ1) is 13.8. The van der Waals surface area contributed by atoms with Crippen LogP contribution in [-0.2, 0) is 11.8 Å². The van der Waals surface area contributed by atoms with Crippen LogP contribution in [0.4, 0.5) is 8.78 Å². The standard InChI is InChI=1S/C21H16F2N4O2/c1-11-18(14-6-4-13(10-24)5-7-14)26(3)20-17(12(2)25-27(20)21(11)28)15-8-9-16(22)29-19(15)23/h4-9,19H,1-3H3. The van der Waals surface area contributed by atoms with Crippen molar-refractivity contribution in [2.45, 2.75) is 20.2 Å². The molecule has 6 nitrogen and oxygen atoms in total. The second-order valence-electron chi connectivity index (χ2n) is 6.75. The molecule has 2 aromatic heterocycles. The number of rotatable bonds is 2. The first-order valence-corrected chi connectivity index (χ1v) is 8.81. The van der Waals surface area contributed by atoms with E-state index < -0.39 is 12.4 Å². The third-order valence-corrected chi connectivity index (χ3v) is 4.99. The van der Waals surface area contributed by atoms with Gasteiger partial charge >= 0.3 is 0 Å². The zero-order valence-electron chi connectivity index (χ0n) is 15.9. The van der Waals surface area contributed by atoms with E-state index >= 15 is 0 Å². The molecule has 0 saturated heterocycles. The molecule has 1 aliphatic heterocycles. The van der Waals surface area contributed by atoms with Crippen molar-refractivity contribution in [1.29, 1.82) is 5.26 Å². The van der Waals surface area contributed by atoms with Crippen LogP contribution in [0.5, 0.6) is 0 Å². The summed E-state index contributed by atoms with van der Waals surface area (Å²) in [6.07, 6.45) is 0.308. The van der Waals surface area contributed by atoms with Crippen molar-refractivity contribution >= 4 is 11.2 Å². The van der Waals surface area contributed by atoms with E-state index in [4.69, 9.17) is 5.26 Å². The summed E-state index contributed by atoms with van der Waals surface area (Å²) in [7, 11) is 1.74. The summed E-state index contributed by atoms with van der Waals surface area (Å²) in [6.45, 7) is 3.34. The van der Waals surface area contributed by atoms with Crippen molar-refractivity contribution < 1.29 is 13.5 Å². The van der Waals surface area contributed by atoms with E-state index in [-0.39, 0.29) is 11.1 Å². The molecule has 8 heteroatoms. The SMILES string of the molecule is Cc1nn2c(=O)c(C)c(-c3ccc(C#N)cc3)n(C)c2c1C1=CC=C(F)OC1F. The van der Waals surface area contributed by atoms with E-state index in [0.717, 1.165) is 11.6 Å². The third-order valence-electron chi connectivity index (χ3n) is 4.99. The van der Waals surface area contributed by atoms with E-state index in [0.29, 0.717) is 33.7 Å². The van der Waals surface area contributed by atoms with Crippen LogP contribution in [0.3, 0.4) is 0 Å². The van der Waals surface area contributed by atoms with Crippen LogP contribution in [0.25, 0.3) is 22.5 Å². The summed E-state index contributed by atoms with van der Waals surface area (Å²) >= 11 is 0. The fraction of sp³-hybridized carbons (Fsp3) is 0.190. The number of nitrogens with zero attached hydrogens (tertiary/aromatic N) is 4. The van der Waals surface area contributed by atoms with Crippen LogP contribution in [-0.4, -0.2) is 20.5 Å². The lowest BCUT2D eigenvalue weighted by Gasteiger charge is -2.19. The molecule has 0 fully saturated rings. The van der Waals surface area contributed by atoms with Gasteiger partial charge in [0.1, 0.15) is 5.65 Å². The molecule has 0 N–H and O–H groups in total. The van der Waals surface area contributed by atoms with Gasteiger partial charge in [-0.25, -0.2) is 0 Å². The summed E-state index contributed by atoms with van der Waals surface area (Å²) in [5.41, 5.74) is 3.19. The van der Waals surface area contributed by atoms with Gasteiger partial charge in [0.15, 0.2) is 0 Å². The molecule has 146 valence electrons. The Labute approximate surface area is 164 Å². The number of benzene rings is 1. The number of hydrogen-bond acceptors (Lipinski definition) is 4. The zero-order valence-corrected chi connectivity index (χ0v) is 15.9. The van der Waals surface area contributed by atoms with Crippen LogP contribution >= 0.6 is 0 Å². The van der Waals surface area contributed by atoms with Crippen LogP contribution in [0, 0.1) is 25.2 Å². The summed E-state index contributed by atoms with van der Waals surface area (Å²) in [5.74, 6) is 0. The third kappa shape index (κ3) is 2.83. The second-order valence-corrected chi connectivity index (χ2v) is 6.75. The van der Waals surface area contributed by atoms with Gasteiger partial charge in [0, 0.05) is 24.3 Å². The van der Waals surface area contributed by atoms with Crippen LogP contribution in [0.2, 0.25) is 0 Å². The molecule has 0 radical (unpaired) electrons. The molecule has 0 spiro atoms. The highest BCUT2D eigenvalue weighted by Gasteiger charge is 2.28. The zero-order chi connectivity index (χ0) is 20.9. The maximum Gasteiger partial charge on any atom is 0.277 e. The molecule has 0 aliphatic carbocycles. The lowest BCUT2D eigenvalue weighted by atomic mass is 10.0. The Bertz CT molecular complexity index is 1310. The van der Waals surface area contributed by atoms with E-state index in [1.165, 1.54) is 10.6 Å². The molecule has 0 saturated carbocycles. The Kier molecular flexibility index (Phi) is 4.31. The van der Waals surface area contributed by atoms with Gasteiger partial charge < -0.3 is 9.30 Å². The maximum absolute atomic E-state index is 14.5. The Morgan fingerprint density at radius 3 is 2.52 bits per heavy atom. The van der Waals surface area contributed by atoms with E-state index in [1.807, 2.05) is 0 Å². The van der Waals surface area contributed by atoms with E-state index in [1.54, 1.807) is 49.7 Å². The van der Waals surface area contributed by atoms with Crippen molar-refractivity contribution in [3.63, 3.8) is 0 Å². The number of hydrogen-bond donors (Lipinski definition) is 0. The molecule has 0 amide bonds. The van der Waals surface area contributed by atoms with Crippen LogP contribution in [0.1, 0.15) is 22.4 Å². The van der Waals surface area contributed by atoms with Crippen molar-refractivity contribution in [3.05, 3.63) is 75.2 Å². The Hall–Kier alpha value is -3.73. The predicted molar refractivity (Wildman–Crippen MR) is 103 cm³/mol. The topological polar surface area (TPSA) is 72.3 Å². The fourth-order valence-electron chi connectivity index (χ4n) is 3.66. The summed E-state index contributed by atoms with van der Waals surface area (Å²) in [4.78, 5) is 13.0. The molecule has 1 atom stereocenters. The number of halogens is 2. The van der Waals surface area contributed by atoms with E-state index in [2.05, 4.69) is 15.9 Å². The molecular formula is C21H16F2N4O2. The van der Waals surface area contributed by atoms with Gasteiger partial charge in [-0.1, -0.05) is 12.1 Å². The molecule has 29 heavy (non-hydrogen) atoms. The minimum absolute atomic E-state index is 0.0866. The lowest BCUT2D eigenvalue weighted by molar-refractivity contribution is 0.0170. The minimum atomic E-state index is -2.01.